The van der Waals surface area contributed by atoms with Gasteiger partial charge >= 0.3 is 0 Å². The molecule has 1 aromatic carbocycles. The van der Waals surface area contributed by atoms with Gasteiger partial charge in [-0.2, -0.15) is 10.4 Å². The number of nitrogens with zero attached hydrogens (tertiary/aromatic N) is 3. The van der Waals surface area contributed by atoms with Gasteiger partial charge in [-0.05, 0) is 18.6 Å². The van der Waals surface area contributed by atoms with Crippen molar-refractivity contribution in [3.8, 4) is 6.07 Å². The average molecular weight is 290 g/mol. The Morgan fingerprint density at radius 2 is 2.38 bits per heavy atom. The van der Waals surface area contributed by atoms with Gasteiger partial charge in [0.2, 0.25) is 5.71 Å². The van der Waals surface area contributed by atoms with E-state index in [-0.39, 0.29) is 11.4 Å². The molecule has 8 heteroatoms. The first kappa shape index (κ1) is 14.7. The number of hydrogen-bond donors (Lipinski definition) is 4. The highest BCUT2D eigenvalue weighted by Gasteiger charge is 2.25. The highest BCUT2D eigenvalue weighted by atomic mass is 19.1. The molecule has 0 saturated carbocycles. The average Bonchev–Trinajstić information content (AvgIpc) is 2.85. The lowest BCUT2D eigenvalue weighted by molar-refractivity contribution is 0.198. The number of nitriles is 1. The minimum Gasteiger partial charge on any atom is -0.391 e. The topological polar surface area (TPSA) is 122 Å². The van der Waals surface area contributed by atoms with Crippen LogP contribution in [0.4, 0.5) is 15.8 Å². The third-order valence-corrected chi connectivity index (χ3v) is 3.12. The van der Waals surface area contributed by atoms with Gasteiger partial charge in [0.1, 0.15) is 11.9 Å². The van der Waals surface area contributed by atoms with Gasteiger partial charge < -0.3 is 15.7 Å². The second-order valence-electron chi connectivity index (χ2n) is 4.62. The standard InChI is InChI=1S/C13H15FN6O/c14-9-2-1-3-10(18-19-11(6-15)13(16)17)12(9)20-5-4-8(21)7-20/h1-3,8,18,21H,4-5,7H2,(H3,16,17)/b19-11+. The summed E-state index contributed by atoms with van der Waals surface area (Å²) < 4.78 is 14.1. The number of halogens is 1. The van der Waals surface area contributed by atoms with Crippen molar-refractivity contribution in [1.29, 1.82) is 10.7 Å². The highest BCUT2D eigenvalue weighted by Crippen LogP contribution is 2.31. The summed E-state index contributed by atoms with van der Waals surface area (Å²) in [7, 11) is 0. The first-order valence-electron chi connectivity index (χ1n) is 6.32. The van der Waals surface area contributed by atoms with Crippen molar-refractivity contribution in [3.05, 3.63) is 24.0 Å². The van der Waals surface area contributed by atoms with E-state index in [2.05, 4.69) is 10.5 Å². The number of hydrazone groups is 1. The predicted molar refractivity (Wildman–Crippen MR) is 77.8 cm³/mol. The second kappa shape index (κ2) is 6.19. The maximum Gasteiger partial charge on any atom is 0.201 e. The molecule has 0 aliphatic carbocycles. The summed E-state index contributed by atoms with van der Waals surface area (Å²) in [6.45, 7) is 0.857. The SMILES string of the molecule is N#C/C(=N\Nc1cccc(F)c1N1CCC(O)C1)C(=N)N. The van der Waals surface area contributed by atoms with E-state index in [0.29, 0.717) is 25.2 Å². The number of para-hydroxylation sites is 1. The normalized spacial score (nSPS) is 18.4. The third kappa shape index (κ3) is 3.27. The lowest BCUT2D eigenvalue weighted by atomic mass is 10.2. The highest BCUT2D eigenvalue weighted by molar-refractivity contribution is 6.45. The maximum atomic E-state index is 14.1. The molecule has 0 amide bonds. The van der Waals surface area contributed by atoms with Crippen LogP contribution in [0.1, 0.15) is 6.42 Å². The Morgan fingerprint density at radius 3 is 2.95 bits per heavy atom. The zero-order valence-corrected chi connectivity index (χ0v) is 11.2. The van der Waals surface area contributed by atoms with E-state index in [4.69, 9.17) is 16.4 Å². The summed E-state index contributed by atoms with van der Waals surface area (Å²) in [5, 5.41) is 29.2. The van der Waals surface area contributed by atoms with Crippen LogP contribution in [0.25, 0.3) is 0 Å². The molecule has 1 atom stereocenters. The fourth-order valence-corrected chi connectivity index (χ4v) is 2.13. The number of anilines is 2. The van der Waals surface area contributed by atoms with Gasteiger partial charge in [-0.25, -0.2) is 4.39 Å². The van der Waals surface area contributed by atoms with Gasteiger partial charge in [-0.3, -0.25) is 10.8 Å². The molecule has 1 heterocycles. The monoisotopic (exact) mass is 290 g/mol. The summed E-state index contributed by atoms with van der Waals surface area (Å²) in [5.74, 6) is -0.926. The molecule has 1 fully saturated rings. The smallest absolute Gasteiger partial charge is 0.201 e. The van der Waals surface area contributed by atoms with Crippen LogP contribution < -0.4 is 16.1 Å². The summed E-state index contributed by atoms with van der Waals surface area (Å²) in [5.41, 5.74) is 8.09. The molecular weight excluding hydrogens is 275 g/mol. The van der Waals surface area contributed by atoms with Gasteiger partial charge in [0, 0.05) is 13.1 Å². The van der Waals surface area contributed by atoms with E-state index < -0.39 is 17.8 Å². The first-order chi connectivity index (χ1) is 10.0. The van der Waals surface area contributed by atoms with Gasteiger partial charge in [0.15, 0.2) is 5.84 Å². The Labute approximate surface area is 121 Å². The van der Waals surface area contributed by atoms with Crippen molar-refractivity contribution in [2.75, 3.05) is 23.4 Å². The van der Waals surface area contributed by atoms with E-state index in [1.54, 1.807) is 17.0 Å². The van der Waals surface area contributed by atoms with Crippen LogP contribution in [-0.2, 0) is 0 Å². The van der Waals surface area contributed by atoms with Gasteiger partial charge in [-0.15, -0.1) is 0 Å². The van der Waals surface area contributed by atoms with Crippen molar-refractivity contribution >= 4 is 22.9 Å². The lowest BCUT2D eigenvalue weighted by Gasteiger charge is -2.21. The van der Waals surface area contributed by atoms with Crippen LogP contribution >= 0.6 is 0 Å². The van der Waals surface area contributed by atoms with E-state index >= 15 is 0 Å². The summed E-state index contributed by atoms with van der Waals surface area (Å²) in [6.07, 6.45) is 0.0707. The molecule has 110 valence electrons. The number of aliphatic hydroxyl groups excluding tert-OH is 1. The van der Waals surface area contributed by atoms with E-state index in [1.807, 2.05) is 0 Å². The summed E-state index contributed by atoms with van der Waals surface area (Å²) in [4.78, 5) is 1.71. The van der Waals surface area contributed by atoms with Crippen molar-refractivity contribution in [2.45, 2.75) is 12.5 Å². The summed E-state index contributed by atoms with van der Waals surface area (Å²) in [6, 6.07) is 6.09. The Hall–Kier alpha value is -2.66. The van der Waals surface area contributed by atoms with Crippen molar-refractivity contribution in [1.82, 2.24) is 0 Å². The molecule has 0 bridgehead atoms. The van der Waals surface area contributed by atoms with Crippen molar-refractivity contribution in [2.24, 2.45) is 10.8 Å². The number of aliphatic hydroxyl groups is 1. The van der Waals surface area contributed by atoms with E-state index in [1.165, 1.54) is 12.1 Å². The van der Waals surface area contributed by atoms with Crippen molar-refractivity contribution < 1.29 is 9.50 Å². The second-order valence-corrected chi connectivity index (χ2v) is 4.62. The Bertz CT molecular complexity index is 624. The molecule has 1 aliphatic heterocycles. The lowest BCUT2D eigenvalue weighted by Crippen LogP contribution is -2.24. The predicted octanol–water partition coefficient (Wildman–Crippen LogP) is 0.624. The van der Waals surface area contributed by atoms with Gasteiger partial charge in [0.25, 0.3) is 0 Å². The number of rotatable bonds is 4. The summed E-state index contributed by atoms with van der Waals surface area (Å²) >= 11 is 0. The number of β-amino-alcohol motifs (C(OH)–C–C–N with tert-alkyl or cyclic N) is 1. The quantitative estimate of drug-likeness (QED) is 0.368. The minimum absolute atomic E-state index is 0.277. The molecule has 5 N–H and O–H groups in total. The van der Waals surface area contributed by atoms with Gasteiger partial charge in [0.05, 0.1) is 17.5 Å². The molecule has 1 saturated heterocycles. The van der Waals surface area contributed by atoms with E-state index in [0.717, 1.165) is 0 Å². The molecule has 0 radical (unpaired) electrons. The van der Waals surface area contributed by atoms with E-state index in [9.17, 15) is 9.50 Å². The molecule has 0 spiro atoms. The molecular formula is C13H15FN6O. The zero-order valence-electron chi connectivity index (χ0n) is 11.2. The molecule has 1 unspecified atom stereocenters. The number of hydrogen-bond acceptors (Lipinski definition) is 6. The Balaban J connectivity index is 2.30. The van der Waals surface area contributed by atoms with Crippen LogP contribution in [0.3, 0.4) is 0 Å². The largest absolute Gasteiger partial charge is 0.391 e. The molecule has 1 aromatic rings. The minimum atomic E-state index is -0.493. The van der Waals surface area contributed by atoms with Crippen LogP contribution in [0.5, 0.6) is 0 Å². The first-order valence-corrected chi connectivity index (χ1v) is 6.32. The number of nitrogens with one attached hydrogen (secondary N) is 2. The van der Waals surface area contributed by atoms with Crippen LogP contribution in [-0.4, -0.2) is 35.8 Å². The molecule has 0 aromatic heterocycles. The molecule has 1 aliphatic rings. The number of amidine groups is 1. The fourth-order valence-electron chi connectivity index (χ4n) is 2.13. The number of benzene rings is 1. The zero-order chi connectivity index (χ0) is 15.4. The molecule has 2 rings (SSSR count). The van der Waals surface area contributed by atoms with Crippen molar-refractivity contribution in [3.63, 3.8) is 0 Å². The Morgan fingerprint density at radius 1 is 1.62 bits per heavy atom. The third-order valence-electron chi connectivity index (χ3n) is 3.12. The van der Waals surface area contributed by atoms with Gasteiger partial charge in [-0.1, -0.05) is 6.07 Å². The van der Waals surface area contributed by atoms with Crippen LogP contribution in [0, 0.1) is 22.6 Å². The van der Waals surface area contributed by atoms with Crippen LogP contribution in [0.15, 0.2) is 23.3 Å². The fraction of sp³-hybridized carbons (Fsp3) is 0.308. The maximum absolute atomic E-state index is 14.1. The number of nitrogens with two attached hydrogens (primary N) is 1. The Kier molecular flexibility index (Phi) is 4.35. The molecule has 21 heavy (non-hydrogen) atoms. The molecule has 7 nitrogen and oxygen atoms in total. The van der Waals surface area contributed by atoms with Crippen LogP contribution in [0.2, 0.25) is 0 Å².